The molecule has 0 heterocycles. The average molecular weight is 480 g/mol. The topological polar surface area (TPSA) is 35.5 Å². The fraction of sp³-hybridized carbons (Fsp3) is 0.179. The van der Waals surface area contributed by atoms with E-state index in [1.807, 2.05) is 0 Å². The van der Waals surface area contributed by atoms with Gasteiger partial charge in [0.05, 0.1) is 12.7 Å². The Morgan fingerprint density at radius 3 is 2.34 bits per heavy atom. The van der Waals surface area contributed by atoms with E-state index in [4.69, 9.17) is 15.9 Å². The molecule has 0 aromatic heterocycles. The summed E-state index contributed by atoms with van der Waals surface area (Å²) in [5, 5.41) is 0. The molecule has 3 aromatic rings. The number of benzene rings is 3. The molecule has 0 radical (unpaired) electrons. The van der Waals surface area contributed by atoms with Gasteiger partial charge in [-0.1, -0.05) is 36.3 Å². The summed E-state index contributed by atoms with van der Waals surface area (Å²) in [5.41, 5.74) is 1.06. The van der Waals surface area contributed by atoms with Gasteiger partial charge in [0.2, 0.25) is 0 Å². The van der Waals surface area contributed by atoms with Crippen LogP contribution >= 0.6 is 0 Å². The number of halogens is 4. The number of Topliss-reactive ketones (excluding diaryl/α,β-unsaturated/α-hetero) is 1. The first-order chi connectivity index (χ1) is 16.8. The van der Waals surface area contributed by atoms with Crippen molar-refractivity contribution >= 4 is 11.4 Å². The van der Waals surface area contributed by atoms with Crippen LogP contribution in [0.25, 0.3) is 5.57 Å². The van der Waals surface area contributed by atoms with Crippen molar-refractivity contribution < 1.29 is 31.8 Å². The van der Waals surface area contributed by atoms with Crippen molar-refractivity contribution in [2.24, 2.45) is 5.92 Å². The van der Waals surface area contributed by atoms with Crippen molar-refractivity contribution in [2.75, 3.05) is 13.7 Å². The minimum Gasteiger partial charge on any atom is -0.493 e. The molecule has 2 unspecified atom stereocenters. The zero-order valence-corrected chi connectivity index (χ0v) is 18.7. The SMILES string of the molecule is C#CCOc1c(OC)cccc1C1CC(c2ccc(F)cc2)=CC1C(=O)c1c(F)cc(F)cc1F. The average Bonchev–Trinajstić information content (AvgIpc) is 3.27. The molecule has 0 saturated carbocycles. The van der Waals surface area contributed by atoms with Gasteiger partial charge >= 0.3 is 0 Å². The molecule has 3 aromatic carbocycles. The number of para-hydroxylation sites is 1. The first kappa shape index (κ1) is 24.1. The van der Waals surface area contributed by atoms with Crippen LogP contribution in [-0.2, 0) is 0 Å². The fourth-order valence-electron chi connectivity index (χ4n) is 4.40. The highest BCUT2D eigenvalue weighted by Gasteiger charge is 2.39. The second-order valence-corrected chi connectivity index (χ2v) is 8.02. The molecule has 2 atom stereocenters. The van der Waals surface area contributed by atoms with Crippen LogP contribution < -0.4 is 9.47 Å². The number of ketones is 1. The number of ether oxygens (including phenoxy) is 2. The van der Waals surface area contributed by atoms with Crippen LogP contribution in [0.1, 0.15) is 33.8 Å². The van der Waals surface area contributed by atoms with Gasteiger partial charge in [0.25, 0.3) is 0 Å². The van der Waals surface area contributed by atoms with Gasteiger partial charge in [-0.2, -0.15) is 0 Å². The Hall–Kier alpha value is -4.05. The van der Waals surface area contributed by atoms with Crippen molar-refractivity contribution in [3.8, 4) is 23.8 Å². The first-order valence-corrected chi connectivity index (χ1v) is 10.7. The molecule has 1 aliphatic carbocycles. The van der Waals surface area contributed by atoms with Crippen LogP contribution in [0.4, 0.5) is 17.6 Å². The molecule has 0 amide bonds. The molecule has 3 nitrogen and oxygen atoms in total. The van der Waals surface area contributed by atoms with Crippen molar-refractivity contribution in [2.45, 2.75) is 12.3 Å². The van der Waals surface area contributed by atoms with Crippen molar-refractivity contribution in [3.63, 3.8) is 0 Å². The zero-order valence-electron chi connectivity index (χ0n) is 18.7. The highest BCUT2D eigenvalue weighted by Crippen LogP contribution is 2.49. The molecule has 0 fully saturated rings. The molecule has 0 spiro atoms. The van der Waals surface area contributed by atoms with Crippen molar-refractivity contribution in [3.05, 3.63) is 101 Å². The minimum atomic E-state index is -1.29. The molecule has 35 heavy (non-hydrogen) atoms. The summed E-state index contributed by atoms with van der Waals surface area (Å²) in [5.74, 6) is -3.56. The fourth-order valence-corrected chi connectivity index (χ4v) is 4.40. The first-order valence-electron chi connectivity index (χ1n) is 10.7. The maximum absolute atomic E-state index is 14.5. The third-order valence-corrected chi connectivity index (χ3v) is 5.95. The van der Waals surface area contributed by atoms with E-state index in [2.05, 4.69) is 5.92 Å². The molecule has 0 N–H and O–H groups in total. The second kappa shape index (κ2) is 10.1. The normalized spacial score (nSPS) is 17.0. The van der Waals surface area contributed by atoms with E-state index in [9.17, 15) is 22.4 Å². The van der Waals surface area contributed by atoms with Crippen LogP contribution in [0.5, 0.6) is 11.5 Å². The second-order valence-electron chi connectivity index (χ2n) is 8.02. The summed E-state index contributed by atoms with van der Waals surface area (Å²) in [6, 6.07) is 11.7. The predicted molar refractivity (Wildman–Crippen MR) is 123 cm³/mol. The number of rotatable bonds is 7. The lowest BCUT2D eigenvalue weighted by Gasteiger charge is -2.23. The number of carbonyl (C=O) groups is 1. The van der Waals surface area contributed by atoms with Crippen molar-refractivity contribution in [1.29, 1.82) is 0 Å². The lowest BCUT2D eigenvalue weighted by Crippen LogP contribution is -2.21. The highest BCUT2D eigenvalue weighted by atomic mass is 19.1. The molecular formula is C28H20F4O3. The van der Waals surface area contributed by atoms with E-state index in [1.54, 1.807) is 36.4 Å². The monoisotopic (exact) mass is 480 g/mol. The van der Waals surface area contributed by atoms with E-state index >= 15 is 0 Å². The standard InChI is InChI=1S/C28H20F4O3/c1-3-11-35-28-20(5-4-6-25(28)34-2)21-12-17(16-7-9-18(29)10-8-16)13-22(21)27(33)26-23(31)14-19(30)15-24(26)32/h1,4-10,13-15,21-22H,11-12H2,2H3. The summed E-state index contributed by atoms with van der Waals surface area (Å²) in [6.45, 7) is -0.0713. The van der Waals surface area contributed by atoms with Crippen LogP contribution in [0, 0.1) is 41.5 Å². The van der Waals surface area contributed by atoms with Crippen LogP contribution in [0.15, 0.2) is 60.7 Å². The Morgan fingerprint density at radius 1 is 1.03 bits per heavy atom. The largest absolute Gasteiger partial charge is 0.493 e. The van der Waals surface area contributed by atoms with E-state index in [0.29, 0.717) is 40.3 Å². The van der Waals surface area contributed by atoms with Gasteiger partial charge in [-0.15, -0.1) is 6.42 Å². The van der Waals surface area contributed by atoms with Crippen LogP contribution in [-0.4, -0.2) is 19.5 Å². The Labute approximate surface area is 200 Å². The number of carbonyl (C=O) groups excluding carboxylic acids is 1. The van der Waals surface area contributed by atoms with Gasteiger partial charge in [0, 0.05) is 29.5 Å². The summed E-state index contributed by atoms with van der Waals surface area (Å²) >= 11 is 0. The van der Waals surface area contributed by atoms with E-state index < -0.39 is 46.5 Å². The van der Waals surface area contributed by atoms with Crippen LogP contribution in [0.2, 0.25) is 0 Å². The summed E-state index contributed by atoms with van der Waals surface area (Å²) in [7, 11) is 1.45. The number of hydrogen-bond donors (Lipinski definition) is 0. The zero-order chi connectivity index (χ0) is 25.1. The summed E-state index contributed by atoms with van der Waals surface area (Å²) in [4.78, 5) is 13.5. The molecular weight excluding hydrogens is 460 g/mol. The molecule has 178 valence electrons. The lowest BCUT2D eigenvalue weighted by atomic mass is 9.82. The lowest BCUT2D eigenvalue weighted by molar-refractivity contribution is 0.0925. The Morgan fingerprint density at radius 2 is 1.71 bits per heavy atom. The molecule has 4 rings (SSSR count). The van der Waals surface area contributed by atoms with Crippen LogP contribution in [0.3, 0.4) is 0 Å². The molecule has 7 heteroatoms. The smallest absolute Gasteiger partial charge is 0.176 e. The number of terminal acetylenes is 1. The van der Waals surface area contributed by atoms with E-state index in [1.165, 1.54) is 19.2 Å². The maximum atomic E-state index is 14.5. The van der Waals surface area contributed by atoms with Gasteiger partial charge in [-0.3, -0.25) is 4.79 Å². The molecule has 0 bridgehead atoms. The Bertz CT molecular complexity index is 1320. The third-order valence-electron chi connectivity index (χ3n) is 5.95. The van der Waals surface area contributed by atoms with Gasteiger partial charge < -0.3 is 9.47 Å². The number of methoxy groups -OCH3 is 1. The molecule has 1 aliphatic rings. The Balaban J connectivity index is 1.84. The number of hydrogen-bond acceptors (Lipinski definition) is 3. The van der Waals surface area contributed by atoms with Gasteiger partial charge in [-0.05, 0) is 35.8 Å². The van der Waals surface area contributed by atoms with Gasteiger partial charge in [0.15, 0.2) is 17.3 Å². The maximum Gasteiger partial charge on any atom is 0.176 e. The molecule has 0 aliphatic heterocycles. The highest BCUT2D eigenvalue weighted by molar-refractivity contribution is 6.02. The van der Waals surface area contributed by atoms with Gasteiger partial charge in [-0.25, -0.2) is 17.6 Å². The van der Waals surface area contributed by atoms with Gasteiger partial charge in [0.1, 0.15) is 29.9 Å². The minimum absolute atomic E-state index is 0.0713. The number of allylic oxidation sites excluding steroid dienone is 2. The molecule has 0 saturated heterocycles. The Kier molecular flexibility index (Phi) is 6.92. The predicted octanol–water partition coefficient (Wildman–Crippen LogP) is 6.33. The summed E-state index contributed by atoms with van der Waals surface area (Å²) in [6.07, 6.45) is 7.24. The van der Waals surface area contributed by atoms with Crippen molar-refractivity contribution in [1.82, 2.24) is 0 Å². The van der Waals surface area contributed by atoms with E-state index in [-0.39, 0.29) is 13.0 Å². The summed E-state index contributed by atoms with van der Waals surface area (Å²) < 4.78 is 67.2. The van der Waals surface area contributed by atoms with E-state index in [0.717, 1.165) is 0 Å². The quantitative estimate of drug-likeness (QED) is 0.225. The third kappa shape index (κ3) is 4.78.